The summed E-state index contributed by atoms with van der Waals surface area (Å²) in [7, 11) is 3.76. The van der Waals surface area contributed by atoms with Gasteiger partial charge in [0, 0.05) is 20.3 Å². The number of hydrogen-bond donors (Lipinski definition) is 0. The second-order valence-corrected chi connectivity index (χ2v) is 3.24. The van der Waals surface area contributed by atoms with Crippen LogP contribution >= 0.6 is 0 Å². The van der Waals surface area contributed by atoms with Gasteiger partial charge in [0.1, 0.15) is 11.6 Å². The first-order chi connectivity index (χ1) is 6.74. The molecular formula is C10H10N4. The summed E-state index contributed by atoms with van der Waals surface area (Å²) in [5.41, 5.74) is 1.47. The monoisotopic (exact) mass is 186 g/mol. The highest BCUT2D eigenvalue weighted by Crippen LogP contribution is 2.20. The molecule has 0 unspecified atom stereocenters. The largest absolute Gasteiger partial charge is 0.360 e. The SMILES string of the molecule is CN(C)c1nn2ccccc2c1C#N. The van der Waals surface area contributed by atoms with Crippen molar-refractivity contribution < 1.29 is 0 Å². The van der Waals surface area contributed by atoms with Gasteiger partial charge in [0.2, 0.25) is 0 Å². The van der Waals surface area contributed by atoms with E-state index in [0.29, 0.717) is 11.4 Å². The van der Waals surface area contributed by atoms with Gasteiger partial charge in [-0.2, -0.15) is 5.26 Å². The molecule has 4 heteroatoms. The van der Waals surface area contributed by atoms with E-state index in [9.17, 15) is 0 Å². The normalized spacial score (nSPS) is 10.1. The molecule has 0 aliphatic heterocycles. The summed E-state index contributed by atoms with van der Waals surface area (Å²) in [4.78, 5) is 1.84. The first-order valence-corrected chi connectivity index (χ1v) is 4.29. The predicted octanol–water partition coefficient (Wildman–Crippen LogP) is 1.27. The molecule has 0 saturated heterocycles. The zero-order valence-corrected chi connectivity index (χ0v) is 8.10. The highest BCUT2D eigenvalue weighted by molar-refractivity contribution is 5.71. The molecule has 0 aliphatic carbocycles. The van der Waals surface area contributed by atoms with Crippen LogP contribution in [0.1, 0.15) is 5.56 Å². The third-order valence-electron chi connectivity index (χ3n) is 2.06. The average Bonchev–Trinajstić information content (AvgIpc) is 2.56. The molecule has 0 spiro atoms. The van der Waals surface area contributed by atoms with E-state index < -0.39 is 0 Å². The summed E-state index contributed by atoms with van der Waals surface area (Å²) in [6, 6.07) is 7.85. The molecular weight excluding hydrogens is 176 g/mol. The molecule has 0 radical (unpaired) electrons. The van der Waals surface area contributed by atoms with E-state index in [2.05, 4.69) is 11.2 Å². The van der Waals surface area contributed by atoms with Gasteiger partial charge in [-0.05, 0) is 12.1 Å². The van der Waals surface area contributed by atoms with Crippen molar-refractivity contribution in [3.05, 3.63) is 30.0 Å². The van der Waals surface area contributed by atoms with Crippen molar-refractivity contribution in [2.75, 3.05) is 19.0 Å². The van der Waals surface area contributed by atoms with Crippen molar-refractivity contribution in [2.24, 2.45) is 0 Å². The molecule has 70 valence electrons. The van der Waals surface area contributed by atoms with Gasteiger partial charge in [-0.3, -0.25) is 0 Å². The molecule has 0 bridgehead atoms. The van der Waals surface area contributed by atoms with E-state index in [1.807, 2.05) is 43.4 Å². The highest BCUT2D eigenvalue weighted by atomic mass is 15.3. The number of anilines is 1. The van der Waals surface area contributed by atoms with Gasteiger partial charge in [-0.25, -0.2) is 4.52 Å². The predicted molar refractivity (Wildman–Crippen MR) is 54.2 cm³/mol. The lowest BCUT2D eigenvalue weighted by atomic mass is 10.2. The number of nitriles is 1. The Labute approximate surface area is 82.0 Å². The Morgan fingerprint density at radius 1 is 1.43 bits per heavy atom. The van der Waals surface area contributed by atoms with Gasteiger partial charge < -0.3 is 4.90 Å². The van der Waals surface area contributed by atoms with Gasteiger partial charge in [0.05, 0.1) is 5.52 Å². The molecule has 14 heavy (non-hydrogen) atoms. The topological polar surface area (TPSA) is 44.3 Å². The third-order valence-corrected chi connectivity index (χ3v) is 2.06. The molecule has 0 aliphatic rings. The van der Waals surface area contributed by atoms with Crippen LogP contribution in [0.4, 0.5) is 5.82 Å². The van der Waals surface area contributed by atoms with Crippen molar-refractivity contribution in [2.45, 2.75) is 0 Å². The molecule has 2 rings (SSSR count). The molecule has 0 atom stereocenters. The summed E-state index contributed by atoms with van der Waals surface area (Å²) < 4.78 is 1.72. The summed E-state index contributed by atoms with van der Waals surface area (Å²) in [5, 5.41) is 13.3. The molecule has 2 aromatic heterocycles. The van der Waals surface area contributed by atoms with Crippen LogP contribution in [0.5, 0.6) is 0 Å². The fourth-order valence-corrected chi connectivity index (χ4v) is 1.41. The third kappa shape index (κ3) is 1.11. The lowest BCUT2D eigenvalue weighted by Crippen LogP contribution is -2.10. The van der Waals surface area contributed by atoms with Gasteiger partial charge in [-0.1, -0.05) is 6.07 Å². The number of nitrogens with zero attached hydrogens (tertiary/aromatic N) is 4. The van der Waals surface area contributed by atoms with Crippen molar-refractivity contribution in [3.8, 4) is 6.07 Å². The maximum atomic E-state index is 9.02. The standard InChI is InChI=1S/C10H10N4/c1-13(2)10-8(7-11)9-5-3-4-6-14(9)12-10/h3-6H,1-2H3. The Morgan fingerprint density at radius 2 is 2.21 bits per heavy atom. The van der Waals surface area contributed by atoms with Crippen LogP contribution < -0.4 is 4.90 Å². The zero-order valence-electron chi connectivity index (χ0n) is 8.10. The van der Waals surface area contributed by atoms with Crippen LogP contribution in [-0.2, 0) is 0 Å². The minimum absolute atomic E-state index is 0.621. The molecule has 0 aromatic carbocycles. The van der Waals surface area contributed by atoms with Crippen LogP contribution in [0.3, 0.4) is 0 Å². The van der Waals surface area contributed by atoms with E-state index >= 15 is 0 Å². The molecule has 0 N–H and O–H groups in total. The second-order valence-electron chi connectivity index (χ2n) is 3.24. The maximum absolute atomic E-state index is 9.02. The van der Waals surface area contributed by atoms with E-state index in [0.717, 1.165) is 5.52 Å². The fourth-order valence-electron chi connectivity index (χ4n) is 1.41. The van der Waals surface area contributed by atoms with Crippen LogP contribution in [0.25, 0.3) is 5.52 Å². The van der Waals surface area contributed by atoms with Crippen molar-refractivity contribution >= 4 is 11.3 Å². The van der Waals surface area contributed by atoms with Crippen LogP contribution in [0.15, 0.2) is 24.4 Å². The minimum atomic E-state index is 0.621. The smallest absolute Gasteiger partial charge is 0.169 e. The van der Waals surface area contributed by atoms with Gasteiger partial charge in [-0.15, -0.1) is 5.10 Å². The summed E-state index contributed by atoms with van der Waals surface area (Å²) in [6.45, 7) is 0. The number of fused-ring (bicyclic) bond motifs is 1. The number of hydrogen-bond acceptors (Lipinski definition) is 3. The van der Waals surface area contributed by atoms with E-state index in [1.54, 1.807) is 4.52 Å². The summed E-state index contributed by atoms with van der Waals surface area (Å²) >= 11 is 0. The first-order valence-electron chi connectivity index (χ1n) is 4.29. The molecule has 0 saturated carbocycles. The van der Waals surface area contributed by atoms with Crippen LogP contribution in [-0.4, -0.2) is 23.7 Å². The van der Waals surface area contributed by atoms with Gasteiger partial charge in [0.15, 0.2) is 5.82 Å². The number of rotatable bonds is 1. The van der Waals surface area contributed by atoms with Crippen molar-refractivity contribution in [1.82, 2.24) is 9.61 Å². The van der Waals surface area contributed by atoms with Gasteiger partial charge >= 0.3 is 0 Å². The van der Waals surface area contributed by atoms with Crippen molar-refractivity contribution in [1.29, 1.82) is 5.26 Å². The fraction of sp³-hybridized carbons (Fsp3) is 0.200. The summed E-state index contributed by atoms with van der Waals surface area (Å²) in [6.07, 6.45) is 1.84. The molecule has 2 heterocycles. The van der Waals surface area contributed by atoms with Gasteiger partial charge in [0.25, 0.3) is 0 Å². The Bertz CT molecular complexity index is 504. The molecule has 0 fully saturated rings. The minimum Gasteiger partial charge on any atom is -0.360 e. The number of aromatic nitrogens is 2. The van der Waals surface area contributed by atoms with Crippen LogP contribution in [0.2, 0.25) is 0 Å². The average molecular weight is 186 g/mol. The zero-order chi connectivity index (χ0) is 10.1. The maximum Gasteiger partial charge on any atom is 0.169 e. The number of pyridine rings is 1. The second kappa shape index (κ2) is 3.04. The Balaban J connectivity index is 2.81. The molecule has 2 aromatic rings. The Kier molecular flexibility index (Phi) is 1.86. The molecule has 4 nitrogen and oxygen atoms in total. The van der Waals surface area contributed by atoms with E-state index in [-0.39, 0.29) is 0 Å². The summed E-state index contributed by atoms with van der Waals surface area (Å²) in [5.74, 6) is 0.707. The van der Waals surface area contributed by atoms with Crippen molar-refractivity contribution in [3.63, 3.8) is 0 Å². The Morgan fingerprint density at radius 3 is 2.86 bits per heavy atom. The Hall–Kier alpha value is -2.02. The first kappa shape index (κ1) is 8.57. The highest BCUT2D eigenvalue weighted by Gasteiger charge is 2.12. The van der Waals surface area contributed by atoms with E-state index in [1.165, 1.54) is 0 Å². The quantitative estimate of drug-likeness (QED) is 0.673. The van der Waals surface area contributed by atoms with Crippen LogP contribution in [0, 0.1) is 11.3 Å². The lowest BCUT2D eigenvalue weighted by Gasteiger charge is -2.06. The lowest BCUT2D eigenvalue weighted by molar-refractivity contribution is 0.930. The molecule has 0 amide bonds. The van der Waals surface area contributed by atoms with E-state index in [4.69, 9.17) is 5.26 Å².